The van der Waals surface area contributed by atoms with Crippen molar-refractivity contribution in [2.45, 2.75) is 148 Å². The molecule has 1 saturated carbocycles. The molecule has 200 valence electrons. The Morgan fingerprint density at radius 2 is 1.74 bits per heavy atom. The van der Waals surface area contributed by atoms with Crippen molar-refractivity contribution in [3.63, 3.8) is 0 Å². The van der Waals surface area contributed by atoms with Crippen LogP contribution in [0.25, 0.3) is 0 Å². The van der Waals surface area contributed by atoms with Crippen LogP contribution in [0.1, 0.15) is 118 Å². The lowest BCUT2D eigenvalue weighted by Crippen LogP contribution is -2.44. The lowest BCUT2D eigenvalue weighted by atomic mass is 9.83. The monoisotopic (exact) mass is 496 g/mol. The third kappa shape index (κ3) is 11.4. The number of hydrogen-bond acceptors (Lipinski definition) is 3. The van der Waals surface area contributed by atoms with Crippen LogP contribution in [0.3, 0.4) is 0 Å². The van der Waals surface area contributed by atoms with Gasteiger partial charge in [-0.15, -0.1) is 0 Å². The first kappa shape index (κ1) is 31.4. The predicted molar refractivity (Wildman–Crippen MR) is 147 cm³/mol. The second kappa shape index (κ2) is 15.5. The van der Waals surface area contributed by atoms with Gasteiger partial charge in [0, 0.05) is 12.5 Å². The van der Waals surface area contributed by atoms with Crippen LogP contribution in [0.4, 0.5) is 0 Å². The molecular weight excluding hydrogens is 440 g/mol. The van der Waals surface area contributed by atoms with Gasteiger partial charge in [0.05, 0.1) is 6.10 Å². The Kier molecular flexibility index (Phi) is 14.3. The minimum atomic E-state index is -1.81. The molecule has 0 aromatic carbocycles. The van der Waals surface area contributed by atoms with Crippen molar-refractivity contribution in [3.05, 3.63) is 12.2 Å². The number of carbonyl (C=O) groups is 1. The van der Waals surface area contributed by atoms with Crippen molar-refractivity contribution in [2.75, 3.05) is 0 Å². The summed E-state index contributed by atoms with van der Waals surface area (Å²) in [5.41, 5.74) is 0. The van der Waals surface area contributed by atoms with Gasteiger partial charge in [-0.2, -0.15) is 0 Å². The van der Waals surface area contributed by atoms with E-state index in [0.29, 0.717) is 30.3 Å². The smallest absolute Gasteiger partial charge is 0.303 e. The Morgan fingerprint density at radius 1 is 1.06 bits per heavy atom. The average molecular weight is 497 g/mol. The number of allylic oxidation sites excluding steroid dienone is 2. The molecule has 34 heavy (non-hydrogen) atoms. The van der Waals surface area contributed by atoms with E-state index in [1.54, 1.807) is 0 Å². The van der Waals surface area contributed by atoms with Gasteiger partial charge < -0.3 is 14.6 Å². The zero-order valence-corrected chi connectivity index (χ0v) is 24.4. The van der Waals surface area contributed by atoms with Crippen molar-refractivity contribution < 1.29 is 19.4 Å². The van der Waals surface area contributed by atoms with Crippen LogP contribution in [-0.4, -0.2) is 36.7 Å². The Morgan fingerprint density at radius 3 is 2.35 bits per heavy atom. The van der Waals surface area contributed by atoms with Gasteiger partial charge in [-0.05, 0) is 80.8 Å². The van der Waals surface area contributed by atoms with Gasteiger partial charge in [-0.3, -0.25) is 4.79 Å². The molecule has 0 radical (unpaired) electrons. The molecule has 1 fully saturated rings. The number of carboxylic acids is 1. The zero-order valence-electron chi connectivity index (χ0n) is 23.4. The third-order valence-electron chi connectivity index (χ3n) is 8.44. The van der Waals surface area contributed by atoms with E-state index >= 15 is 0 Å². The highest BCUT2D eigenvalue weighted by molar-refractivity contribution is 6.74. The van der Waals surface area contributed by atoms with Crippen LogP contribution in [0.5, 0.6) is 0 Å². The molecule has 2 N–H and O–H groups in total. The van der Waals surface area contributed by atoms with Crippen LogP contribution in [-0.2, 0) is 9.22 Å². The van der Waals surface area contributed by atoms with Gasteiger partial charge >= 0.3 is 5.97 Å². The summed E-state index contributed by atoms with van der Waals surface area (Å²) >= 11 is 0. The van der Waals surface area contributed by atoms with Crippen molar-refractivity contribution in [2.24, 2.45) is 17.8 Å². The molecule has 0 saturated heterocycles. The molecule has 1 aliphatic carbocycles. The van der Waals surface area contributed by atoms with Gasteiger partial charge in [0.2, 0.25) is 0 Å². The van der Waals surface area contributed by atoms with Gasteiger partial charge in [0.1, 0.15) is 0 Å². The van der Waals surface area contributed by atoms with E-state index in [2.05, 4.69) is 59.9 Å². The number of rotatable bonds is 17. The van der Waals surface area contributed by atoms with E-state index in [-0.39, 0.29) is 17.6 Å². The van der Waals surface area contributed by atoms with Crippen molar-refractivity contribution in [1.29, 1.82) is 0 Å². The highest BCUT2D eigenvalue weighted by Gasteiger charge is 2.41. The minimum absolute atomic E-state index is 0.221. The fraction of sp³-hybridized carbons (Fsp3) is 0.897. The summed E-state index contributed by atoms with van der Waals surface area (Å²) in [5.74, 6) is 0.653. The summed E-state index contributed by atoms with van der Waals surface area (Å²) in [4.78, 5) is 10.7. The molecule has 0 spiro atoms. The van der Waals surface area contributed by atoms with Crippen molar-refractivity contribution >= 4 is 14.3 Å². The molecule has 1 aliphatic rings. The SMILES string of the molecule is CCCCCCCC(CC[C@@H]1[C@@H](C/C=C\CCCC(=O)O)[C@@H](O)C[C@H]1C)O[Si](C)(C)C(C)(C)C. The lowest BCUT2D eigenvalue weighted by molar-refractivity contribution is -0.137. The Bertz CT molecular complexity index is 595. The van der Waals surface area contributed by atoms with Crippen LogP contribution in [0, 0.1) is 17.8 Å². The number of aliphatic carboxylic acids is 1. The first-order valence-corrected chi connectivity index (χ1v) is 17.0. The molecule has 5 heteroatoms. The van der Waals surface area contributed by atoms with Gasteiger partial charge in [0.25, 0.3) is 0 Å². The summed E-state index contributed by atoms with van der Waals surface area (Å²) in [6, 6.07) is 0. The van der Waals surface area contributed by atoms with Crippen LogP contribution >= 0.6 is 0 Å². The summed E-state index contributed by atoms with van der Waals surface area (Å²) < 4.78 is 6.93. The molecule has 1 unspecified atom stereocenters. The van der Waals surface area contributed by atoms with E-state index in [1.165, 1.54) is 32.1 Å². The first-order valence-electron chi connectivity index (χ1n) is 14.1. The van der Waals surface area contributed by atoms with Crippen LogP contribution in [0.15, 0.2) is 12.2 Å². The van der Waals surface area contributed by atoms with Gasteiger partial charge in [-0.25, -0.2) is 0 Å². The van der Waals surface area contributed by atoms with Gasteiger partial charge in [0.15, 0.2) is 8.32 Å². The molecule has 0 aromatic rings. The van der Waals surface area contributed by atoms with E-state index in [0.717, 1.165) is 38.5 Å². The molecule has 0 bridgehead atoms. The van der Waals surface area contributed by atoms with Crippen LogP contribution < -0.4 is 0 Å². The highest BCUT2D eigenvalue weighted by Crippen LogP contribution is 2.43. The van der Waals surface area contributed by atoms with E-state index in [9.17, 15) is 9.90 Å². The molecule has 4 nitrogen and oxygen atoms in total. The quantitative estimate of drug-likeness (QED) is 0.121. The standard InChI is InChI=1S/C29H56O4Si/c1-8-9-10-11-14-17-24(33-34(6,7)29(3,4)5)20-21-25-23(2)22-27(30)26(25)18-15-12-13-16-19-28(31)32/h12,15,23-27,30H,8-11,13-14,16-22H2,1-7H3,(H,31,32)/b15-12-/t23-,24?,25+,26-,27+/m1/s1. The van der Waals surface area contributed by atoms with Crippen LogP contribution in [0.2, 0.25) is 18.1 Å². The lowest BCUT2D eigenvalue weighted by Gasteiger charge is -2.40. The maximum Gasteiger partial charge on any atom is 0.303 e. The largest absolute Gasteiger partial charge is 0.481 e. The maximum atomic E-state index is 10.8. The fourth-order valence-electron chi connectivity index (χ4n) is 5.22. The molecular formula is C29H56O4Si. The number of aliphatic hydroxyl groups excluding tert-OH is 1. The number of hydrogen-bond donors (Lipinski definition) is 2. The molecule has 0 heterocycles. The fourth-order valence-corrected chi connectivity index (χ4v) is 6.64. The molecule has 0 aromatic heterocycles. The Labute approximate surface area is 212 Å². The van der Waals surface area contributed by atoms with Crippen molar-refractivity contribution in [3.8, 4) is 0 Å². The second-order valence-corrected chi connectivity index (χ2v) is 17.1. The second-order valence-electron chi connectivity index (χ2n) is 12.4. The van der Waals surface area contributed by atoms with E-state index < -0.39 is 14.3 Å². The minimum Gasteiger partial charge on any atom is -0.481 e. The number of aliphatic hydroxyl groups is 1. The Balaban J connectivity index is 2.71. The summed E-state index contributed by atoms with van der Waals surface area (Å²) in [6.45, 7) is 16.3. The average Bonchev–Trinajstić information content (AvgIpc) is 2.99. The molecule has 0 amide bonds. The van der Waals surface area contributed by atoms with E-state index in [1.807, 2.05) is 0 Å². The summed E-state index contributed by atoms with van der Waals surface area (Å²) in [5, 5.41) is 19.8. The number of unbranched alkanes of at least 4 members (excludes halogenated alkanes) is 5. The maximum absolute atomic E-state index is 10.8. The van der Waals surface area contributed by atoms with E-state index in [4.69, 9.17) is 9.53 Å². The normalized spacial score (nSPS) is 24.7. The zero-order chi connectivity index (χ0) is 25.8. The van der Waals surface area contributed by atoms with Gasteiger partial charge in [-0.1, -0.05) is 78.9 Å². The number of carboxylic acid groups (broad SMARTS) is 1. The molecule has 5 atom stereocenters. The third-order valence-corrected chi connectivity index (χ3v) is 13.0. The first-order chi connectivity index (χ1) is 15.9. The summed E-state index contributed by atoms with van der Waals surface area (Å²) in [6.07, 6.45) is 17.8. The predicted octanol–water partition coefficient (Wildman–Crippen LogP) is 8.35. The highest BCUT2D eigenvalue weighted by atomic mass is 28.4. The summed E-state index contributed by atoms with van der Waals surface area (Å²) in [7, 11) is -1.81. The Hall–Kier alpha value is -0.653. The molecule has 0 aliphatic heterocycles. The topological polar surface area (TPSA) is 66.8 Å². The van der Waals surface area contributed by atoms with Crippen molar-refractivity contribution in [1.82, 2.24) is 0 Å². The molecule has 1 rings (SSSR count).